The fraction of sp³-hybridized carbons (Fsp3) is 0.333. The molecule has 0 radical (unpaired) electrons. The van der Waals surface area contributed by atoms with Crippen LogP contribution in [-0.2, 0) is 13.8 Å². The van der Waals surface area contributed by atoms with E-state index in [2.05, 4.69) is 9.26 Å². The van der Waals surface area contributed by atoms with Gasteiger partial charge in [-0.2, -0.15) is 0 Å². The van der Waals surface area contributed by atoms with Gasteiger partial charge in [-0.25, -0.2) is 4.57 Å². The summed E-state index contributed by atoms with van der Waals surface area (Å²) in [7, 11) is -4.83. The molecule has 10 heteroatoms. The fourth-order valence-corrected chi connectivity index (χ4v) is 1.08. The Balaban J connectivity index is 2.95. The molecular formula is C6H9O9P. The summed E-state index contributed by atoms with van der Waals surface area (Å²) in [6.45, 7) is 0. The minimum Gasteiger partial charge on any atom is -0.506 e. The first-order chi connectivity index (χ1) is 7.22. The Hall–Kier alpha value is -1.25. The molecule has 16 heavy (non-hydrogen) atoms. The highest BCUT2D eigenvalue weighted by Gasteiger charge is 2.34. The second kappa shape index (κ2) is 4.32. The van der Waals surface area contributed by atoms with E-state index in [-0.39, 0.29) is 0 Å². The van der Waals surface area contributed by atoms with Crippen molar-refractivity contribution in [1.82, 2.24) is 0 Å². The van der Waals surface area contributed by atoms with E-state index >= 15 is 0 Å². The van der Waals surface area contributed by atoms with Crippen molar-refractivity contribution in [2.24, 2.45) is 0 Å². The third kappa shape index (κ3) is 2.87. The highest BCUT2D eigenvalue weighted by molar-refractivity contribution is 7.46. The lowest BCUT2D eigenvalue weighted by molar-refractivity contribution is -0.148. The average Bonchev–Trinajstić information content (AvgIpc) is 2.17. The van der Waals surface area contributed by atoms with E-state index in [1.54, 1.807) is 0 Å². The van der Waals surface area contributed by atoms with Crippen molar-refractivity contribution < 1.29 is 44.0 Å². The first-order valence-corrected chi connectivity index (χ1v) is 5.35. The van der Waals surface area contributed by atoms with Gasteiger partial charge in [-0.05, 0) is 0 Å². The normalized spacial score (nSPS) is 29.1. The maximum absolute atomic E-state index is 10.3. The van der Waals surface area contributed by atoms with E-state index < -0.39 is 37.5 Å². The molecule has 0 unspecified atom stereocenters. The molecule has 0 aromatic heterocycles. The van der Waals surface area contributed by atoms with Crippen LogP contribution in [0.5, 0.6) is 0 Å². The Morgan fingerprint density at radius 1 is 1.31 bits per heavy atom. The Kier molecular flexibility index (Phi) is 3.46. The lowest BCUT2D eigenvalue weighted by Gasteiger charge is -2.25. The standard InChI is InChI=1S/C6H9O9P/c7-3-2(1-14-16(11,12)13)15-6(10)5(9)4(3)8/h1,5-10H,(H2,11,12,13)/b2-1+/t5-,6-/m1/s1. The van der Waals surface area contributed by atoms with E-state index in [4.69, 9.17) is 30.2 Å². The maximum atomic E-state index is 10.3. The summed E-state index contributed by atoms with van der Waals surface area (Å²) in [4.78, 5) is 16.7. The number of hydrogen-bond acceptors (Lipinski definition) is 7. The van der Waals surface area contributed by atoms with Crippen LogP contribution in [0.1, 0.15) is 0 Å². The molecule has 0 aromatic rings. The second-order valence-corrected chi connectivity index (χ2v) is 3.96. The van der Waals surface area contributed by atoms with Gasteiger partial charge in [0, 0.05) is 0 Å². The molecule has 9 nitrogen and oxygen atoms in total. The van der Waals surface area contributed by atoms with Gasteiger partial charge in [-0.1, -0.05) is 0 Å². The van der Waals surface area contributed by atoms with Crippen LogP contribution in [0.4, 0.5) is 0 Å². The molecule has 1 heterocycles. The number of phosphoric ester groups is 1. The van der Waals surface area contributed by atoms with Crippen molar-refractivity contribution in [3.05, 3.63) is 23.5 Å². The molecule has 0 saturated carbocycles. The molecule has 1 rings (SSSR count). The van der Waals surface area contributed by atoms with Gasteiger partial charge in [0.25, 0.3) is 0 Å². The molecule has 0 spiro atoms. The molecule has 6 N–H and O–H groups in total. The summed E-state index contributed by atoms with van der Waals surface area (Å²) < 4.78 is 18.6. The fourth-order valence-electron chi connectivity index (χ4n) is 0.852. The summed E-state index contributed by atoms with van der Waals surface area (Å²) in [5.41, 5.74) is 0. The van der Waals surface area contributed by atoms with E-state index in [0.717, 1.165) is 0 Å². The van der Waals surface area contributed by atoms with Gasteiger partial charge in [0.15, 0.2) is 11.9 Å². The minimum atomic E-state index is -4.83. The Morgan fingerprint density at radius 2 is 1.88 bits per heavy atom. The second-order valence-electron chi connectivity index (χ2n) is 2.77. The summed E-state index contributed by atoms with van der Waals surface area (Å²) in [5, 5.41) is 36.2. The quantitative estimate of drug-likeness (QED) is 0.268. The van der Waals surface area contributed by atoms with Crippen molar-refractivity contribution in [2.75, 3.05) is 0 Å². The van der Waals surface area contributed by atoms with Crippen LogP contribution in [-0.4, -0.2) is 42.6 Å². The summed E-state index contributed by atoms with van der Waals surface area (Å²) in [6, 6.07) is 0. The lowest BCUT2D eigenvalue weighted by Crippen LogP contribution is -2.35. The van der Waals surface area contributed by atoms with Gasteiger partial charge in [0.05, 0.1) is 0 Å². The van der Waals surface area contributed by atoms with Crippen LogP contribution in [0.15, 0.2) is 23.5 Å². The predicted molar refractivity (Wildman–Crippen MR) is 46.6 cm³/mol. The predicted octanol–water partition coefficient (Wildman–Crippen LogP) is -1.03. The summed E-state index contributed by atoms with van der Waals surface area (Å²) in [6.07, 6.45) is -3.43. The van der Waals surface area contributed by atoms with Crippen LogP contribution >= 0.6 is 7.82 Å². The molecule has 0 bridgehead atoms. The van der Waals surface area contributed by atoms with Gasteiger partial charge in [-0.3, -0.25) is 9.79 Å². The number of phosphoric acid groups is 1. The van der Waals surface area contributed by atoms with E-state index in [1.807, 2.05) is 0 Å². The van der Waals surface area contributed by atoms with E-state index in [9.17, 15) is 4.57 Å². The average molecular weight is 256 g/mol. The number of ether oxygens (including phenoxy) is 1. The van der Waals surface area contributed by atoms with Crippen molar-refractivity contribution >= 4 is 7.82 Å². The Morgan fingerprint density at radius 3 is 2.38 bits per heavy atom. The highest BCUT2D eigenvalue weighted by atomic mass is 31.2. The van der Waals surface area contributed by atoms with Gasteiger partial charge in [-0.15, -0.1) is 0 Å². The van der Waals surface area contributed by atoms with Gasteiger partial charge < -0.3 is 29.7 Å². The van der Waals surface area contributed by atoms with Crippen LogP contribution < -0.4 is 0 Å². The molecule has 1 aliphatic rings. The van der Waals surface area contributed by atoms with Crippen LogP contribution in [0.25, 0.3) is 0 Å². The van der Waals surface area contributed by atoms with E-state index in [0.29, 0.717) is 6.26 Å². The van der Waals surface area contributed by atoms with Crippen molar-refractivity contribution in [3.63, 3.8) is 0 Å². The third-order valence-corrected chi connectivity index (χ3v) is 1.95. The number of hydrogen-bond donors (Lipinski definition) is 6. The number of aliphatic hydroxyl groups excluding tert-OH is 4. The molecule has 0 aromatic carbocycles. The Bertz CT molecular complexity index is 379. The minimum absolute atomic E-state index is 0.307. The number of rotatable bonds is 2. The van der Waals surface area contributed by atoms with Gasteiger partial charge >= 0.3 is 7.82 Å². The molecule has 92 valence electrons. The molecule has 1 aliphatic heterocycles. The molecule has 2 atom stereocenters. The topological polar surface area (TPSA) is 157 Å². The number of aliphatic hydroxyl groups is 4. The lowest BCUT2D eigenvalue weighted by atomic mass is 10.2. The van der Waals surface area contributed by atoms with Crippen molar-refractivity contribution in [1.29, 1.82) is 0 Å². The first kappa shape index (κ1) is 12.8. The van der Waals surface area contributed by atoms with Crippen LogP contribution in [0.3, 0.4) is 0 Å². The maximum Gasteiger partial charge on any atom is 0.524 e. The zero-order valence-corrected chi connectivity index (χ0v) is 8.48. The zero-order valence-electron chi connectivity index (χ0n) is 7.59. The smallest absolute Gasteiger partial charge is 0.506 e. The van der Waals surface area contributed by atoms with E-state index in [1.165, 1.54) is 0 Å². The van der Waals surface area contributed by atoms with Crippen molar-refractivity contribution in [2.45, 2.75) is 12.4 Å². The van der Waals surface area contributed by atoms with Gasteiger partial charge in [0.2, 0.25) is 17.8 Å². The highest BCUT2D eigenvalue weighted by Crippen LogP contribution is 2.37. The molecule has 0 fully saturated rings. The summed E-state index contributed by atoms with van der Waals surface area (Å²) in [5.74, 6) is -2.72. The zero-order chi connectivity index (χ0) is 12.5. The van der Waals surface area contributed by atoms with Crippen LogP contribution in [0, 0.1) is 0 Å². The molecule has 0 saturated heterocycles. The van der Waals surface area contributed by atoms with Crippen LogP contribution in [0.2, 0.25) is 0 Å². The molecule has 0 aliphatic carbocycles. The third-order valence-electron chi connectivity index (χ3n) is 1.57. The molecular weight excluding hydrogens is 247 g/mol. The molecule has 0 amide bonds. The first-order valence-electron chi connectivity index (χ1n) is 3.81. The Labute approximate surface area is 88.7 Å². The SMILES string of the molecule is O=P(O)(O)O/C=C1/O[C@@H](O)[C@H](O)C(O)=C1O. The van der Waals surface area contributed by atoms with Gasteiger partial charge in [0.1, 0.15) is 6.26 Å². The largest absolute Gasteiger partial charge is 0.524 e. The van der Waals surface area contributed by atoms with Crippen molar-refractivity contribution in [3.8, 4) is 0 Å². The summed E-state index contributed by atoms with van der Waals surface area (Å²) >= 11 is 0. The monoisotopic (exact) mass is 256 g/mol.